The van der Waals surface area contributed by atoms with Crippen LogP contribution in [0.2, 0.25) is 0 Å². The Kier molecular flexibility index (Phi) is 9.73. The van der Waals surface area contributed by atoms with Gasteiger partial charge in [0, 0.05) is 5.54 Å². The molecule has 0 aliphatic rings. The summed E-state index contributed by atoms with van der Waals surface area (Å²) in [6.45, 7) is 10.1. The Hall–Kier alpha value is 0.310. The van der Waals surface area contributed by atoms with Crippen LogP contribution in [0, 0.1) is 0 Å². The van der Waals surface area contributed by atoms with Crippen LogP contribution < -0.4 is 5.32 Å². The van der Waals surface area contributed by atoms with Crippen LogP contribution in [0.1, 0.15) is 59.8 Å². The van der Waals surface area contributed by atoms with Gasteiger partial charge in [-0.1, -0.05) is 19.8 Å². The number of hydrogen-bond acceptors (Lipinski definition) is 2. The minimum atomic E-state index is 0.286. The van der Waals surface area contributed by atoms with E-state index in [4.69, 9.17) is 0 Å². The fourth-order valence-electron chi connectivity index (χ4n) is 1.35. The van der Waals surface area contributed by atoms with Crippen LogP contribution in [0.5, 0.6) is 0 Å². The molecule has 0 saturated heterocycles. The Morgan fingerprint density at radius 3 is 2.07 bits per heavy atom. The highest BCUT2D eigenvalue weighted by Gasteiger charge is 2.06. The molecule has 1 nitrogen and oxygen atoms in total. The summed E-state index contributed by atoms with van der Waals surface area (Å²) in [6.07, 6.45) is 6.83. The molecule has 0 saturated carbocycles. The van der Waals surface area contributed by atoms with Crippen molar-refractivity contribution in [1.82, 2.24) is 5.32 Å². The third-order valence-electron chi connectivity index (χ3n) is 2.26. The molecule has 2 heteroatoms. The zero-order chi connectivity index (χ0) is 11.6. The van der Waals surface area contributed by atoms with E-state index in [1.165, 1.54) is 50.2 Å². The topological polar surface area (TPSA) is 12.0 Å². The highest BCUT2D eigenvalue weighted by molar-refractivity contribution is 7.99. The van der Waals surface area contributed by atoms with Gasteiger partial charge in [-0.05, 0) is 58.1 Å². The van der Waals surface area contributed by atoms with Gasteiger partial charge in [0.05, 0.1) is 0 Å². The van der Waals surface area contributed by atoms with Crippen molar-refractivity contribution < 1.29 is 0 Å². The number of thioether (sulfide) groups is 1. The van der Waals surface area contributed by atoms with E-state index in [0.717, 1.165) is 0 Å². The zero-order valence-electron chi connectivity index (χ0n) is 11.1. The highest BCUT2D eigenvalue weighted by Crippen LogP contribution is 2.08. The lowest BCUT2D eigenvalue weighted by atomic mass is 10.1. The van der Waals surface area contributed by atoms with Crippen LogP contribution in [0.15, 0.2) is 0 Å². The summed E-state index contributed by atoms with van der Waals surface area (Å²) in [5.74, 6) is 2.70. The second-order valence-corrected chi connectivity index (χ2v) is 6.43. The Morgan fingerprint density at radius 2 is 1.53 bits per heavy atom. The molecule has 0 amide bonds. The van der Waals surface area contributed by atoms with Gasteiger partial charge in [-0.3, -0.25) is 0 Å². The summed E-state index contributed by atoms with van der Waals surface area (Å²) in [6, 6.07) is 0. The molecule has 0 aromatic heterocycles. The van der Waals surface area contributed by atoms with Crippen molar-refractivity contribution >= 4 is 11.8 Å². The summed E-state index contributed by atoms with van der Waals surface area (Å²) in [5.41, 5.74) is 0.286. The minimum Gasteiger partial charge on any atom is -0.312 e. The van der Waals surface area contributed by atoms with Gasteiger partial charge >= 0.3 is 0 Å². The maximum Gasteiger partial charge on any atom is 0.00965 e. The van der Waals surface area contributed by atoms with E-state index in [0.29, 0.717) is 0 Å². The lowest BCUT2D eigenvalue weighted by Crippen LogP contribution is -2.36. The Bertz CT molecular complexity index is 129. The van der Waals surface area contributed by atoms with Crippen LogP contribution in [-0.2, 0) is 0 Å². The molecule has 0 atom stereocenters. The molecule has 0 spiro atoms. The fraction of sp³-hybridized carbons (Fsp3) is 1.00. The predicted octanol–water partition coefficient (Wildman–Crippen LogP) is 4.08. The Labute approximate surface area is 101 Å². The van der Waals surface area contributed by atoms with Crippen LogP contribution in [0.3, 0.4) is 0 Å². The van der Waals surface area contributed by atoms with Gasteiger partial charge in [0.15, 0.2) is 0 Å². The van der Waals surface area contributed by atoms with E-state index in [9.17, 15) is 0 Å². The van der Waals surface area contributed by atoms with E-state index in [1.807, 2.05) is 0 Å². The second kappa shape index (κ2) is 9.53. The largest absolute Gasteiger partial charge is 0.312 e. The van der Waals surface area contributed by atoms with Crippen LogP contribution in [0.25, 0.3) is 0 Å². The zero-order valence-corrected chi connectivity index (χ0v) is 11.9. The molecule has 0 rings (SSSR count). The van der Waals surface area contributed by atoms with Gasteiger partial charge in [-0.25, -0.2) is 0 Å². The van der Waals surface area contributed by atoms with Gasteiger partial charge in [-0.15, -0.1) is 0 Å². The summed E-state index contributed by atoms with van der Waals surface area (Å²) in [4.78, 5) is 0. The summed E-state index contributed by atoms with van der Waals surface area (Å²) < 4.78 is 0. The summed E-state index contributed by atoms with van der Waals surface area (Å²) >= 11 is 2.12. The normalized spacial score (nSPS) is 12.0. The van der Waals surface area contributed by atoms with Crippen molar-refractivity contribution in [2.45, 2.75) is 65.3 Å². The standard InChI is InChI=1S/C13H29NS/c1-5-6-8-11-15-12-9-7-10-14-13(2,3)4/h14H,5-12H2,1-4H3. The van der Waals surface area contributed by atoms with Crippen molar-refractivity contribution in [3.05, 3.63) is 0 Å². The first-order valence-electron chi connectivity index (χ1n) is 6.39. The van der Waals surface area contributed by atoms with Crippen molar-refractivity contribution in [3.8, 4) is 0 Å². The monoisotopic (exact) mass is 231 g/mol. The lowest BCUT2D eigenvalue weighted by molar-refractivity contribution is 0.421. The Balaban J connectivity index is 2.99. The van der Waals surface area contributed by atoms with E-state index in [2.05, 4.69) is 44.8 Å². The molecule has 0 aromatic carbocycles. The van der Waals surface area contributed by atoms with Crippen LogP contribution in [0.4, 0.5) is 0 Å². The molecular formula is C13H29NS. The van der Waals surface area contributed by atoms with Gasteiger partial charge in [-0.2, -0.15) is 11.8 Å². The Morgan fingerprint density at radius 1 is 0.933 bits per heavy atom. The first kappa shape index (κ1) is 15.3. The quantitative estimate of drug-likeness (QED) is 0.600. The molecule has 0 radical (unpaired) electrons. The fourth-order valence-corrected chi connectivity index (χ4v) is 2.37. The average molecular weight is 231 g/mol. The van der Waals surface area contributed by atoms with Gasteiger partial charge in [0.1, 0.15) is 0 Å². The number of nitrogens with one attached hydrogen (secondary N) is 1. The highest BCUT2D eigenvalue weighted by atomic mass is 32.2. The van der Waals surface area contributed by atoms with Crippen molar-refractivity contribution in [1.29, 1.82) is 0 Å². The maximum absolute atomic E-state index is 3.52. The van der Waals surface area contributed by atoms with Crippen LogP contribution >= 0.6 is 11.8 Å². The van der Waals surface area contributed by atoms with Gasteiger partial charge < -0.3 is 5.32 Å². The summed E-state index contributed by atoms with van der Waals surface area (Å²) in [5, 5.41) is 3.52. The van der Waals surface area contributed by atoms with Crippen molar-refractivity contribution in [2.75, 3.05) is 18.1 Å². The molecule has 1 N–H and O–H groups in total. The first-order valence-corrected chi connectivity index (χ1v) is 7.54. The SMILES string of the molecule is CCCCCSCCCCNC(C)(C)C. The third kappa shape index (κ3) is 14.3. The molecule has 15 heavy (non-hydrogen) atoms. The van der Waals surface area contributed by atoms with E-state index in [1.54, 1.807) is 0 Å². The molecular weight excluding hydrogens is 202 g/mol. The predicted molar refractivity (Wildman–Crippen MR) is 73.8 cm³/mol. The third-order valence-corrected chi connectivity index (χ3v) is 3.42. The number of rotatable bonds is 9. The maximum atomic E-state index is 3.52. The molecule has 0 heterocycles. The molecule has 92 valence electrons. The molecule has 0 fully saturated rings. The van der Waals surface area contributed by atoms with E-state index >= 15 is 0 Å². The summed E-state index contributed by atoms with van der Waals surface area (Å²) in [7, 11) is 0. The molecule has 0 aliphatic carbocycles. The molecule has 0 aliphatic heterocycles. The van der Waals surface area contributed by atoms with Crippen molar-refractivity contribution in [3.63, 3.8) is 0 Å². The second-order valence-electron chi connectivity index (χ2n) is 5.20. The molecule has 0 aromatic rings. The smallest absolute Gasteiger partial charge is 0.00965 e. The minimum absolute atomic E-state index is 0.286. The number of hydrogen-bond donors (Lipinski definition) is 1. The van der Waals surface area contributed by atoms with Gasteiger partial charge in [0.2, 0.25) is 0 Å². The van der Waals surface area contributed by atoms with E-state index in [-0.39, 0.29) is 5.54 Å². The van der Waals surface area contributed by atoms with Crippen molar-refractivity contribution in [2.24, 2.45) is 0 Å². The van der Waals surface area contributed by atoms with Crippen LogP contribution in [-0.4, -0.2) is 23.6 Å². The number of unbranched alkanes of at least 4 members (excludes halogenated alkanes) is 3. The van der Waals surface area contributed by atoms with Gasteiger partial charge in [0.25, 0.3) is 0 Å². The first-order chi connectivity index (χ1) is 7.06. The van der Waals surface area contributed by atoms with E-state index < -0.39 is 0 Å². The molecule has 0 unspecified atom stereocenters. The molecule has 0 bridgehead atoms. The average Bonchev–Trinajstić information content (AvgIpc) is 2.14. The lowest BCUT2D eigenvalue weighted by Gasteiger charge is -2.20.